The lowest BCUT2D eigenvalue weighted by atomic mass is 10.0. The van der Waals surface area contributed by atoms with E-state index >= 15 is 0 Å². The monoisotopic (exact) mass is 406 g/mol. The van der Waals surface area contributed by atoms with E-state index in [-0.39, 0.29) is 6.04 Å². The molecule has 2 aliphatic rings. The Balaban J connectivity index is 1.34. The number of nitrogens with one attached hydrogen (secondary N) is 2. The maximum atomic E-state index is 5.84. The van der Waals surface area contributed by atoms with Gasteiger partial charge in [-0.25, -0.2) is 0 Å². The van der Waals surface area contributed by atoms with Gasteiger partial charge in [0, 0.05) is 46.6 Å². The lowest BCUT2D eigenvalue weighted by Gasteiger charge is -2.33. The third-order valence-corrected chi connectivity index (χ3v) is 5.84. The van der Waals surface area contributed by atoms with Gasteiger partial charge in [-0.3, -0.25) is 9.89 Å². The van der Waals surface area contributed by atoms with Gasteiger partial charge in [0.1, 0.15) is 5.76 Å². The number of hydrogen-bond acceptors (Lipinski definition) is 5. The van der Waals surface area contributed by atoms with E-state index in [1.807, 2.05) is 13.1 Å². The van der Waals surface area contributed by atoms with Gasteiger partial charge < -0.3 is 24.5 Å². The molecule has 1 aromatic rings. The Bertz CT molecular complexity index is 567. The van der Waals surface area contributed by atoms with Gasteiger partial charge in [-0.15, -0.1) is 0 Å². The van der Waals surface area contributed by atoms with E-state index in [9.17, 15) is 0 Å². The van der Waals surface area contributed by atoms with Crippen LogP contribution in [-0.4, -0.2) is 70.5 Å². The molecule has 1 atom stereocenters. The highest BCUT2D eigenvalue weighted by atomic mass is 16.5. The van der Waals surface area contributed by atoms with Crippen molar-refractivity contribution in [3.63, 3.8) is 0 Å². The Hall–Kier alpha value is -1.57. The SMILES string of the molecule is CN=C(NCCCOCC1CCOCC1)NCC(c1ccco1)N1CCCCC1. The normalized spacial score (nSPS) is 20.5. The number of likely N-dealkylation sites (tertiary alicyclic amines) is 1. The van der Waals surface area contributed by atoms with Gasteiger partial charge >= 0.3 is 0 Å². The maximum absolute atomic E-state index is 5.84. The number of hydrogen-bond donors (Lipinski definition) is 2. The molecule has 0 aliphatic carbocycles. The minimum atomic E-state index is 0.242. The third kappa shape index (κ3) is 7.64. The molecule has 0 spiro atoms. The molecule has 0 bridgehead atoms. The van der Waals surface area contributed by atoms with Crippen molar-refractivity contribution in [3.8, 4) is 0 Å². The third-order valence-electron chi connectivity index (χ3n) is 5.84. The van der Waals surface area contributed by atoms with Gasteiger partial charge in [0.15, 0.2) is 5.96 Å². The fourth-order valence-corrected chi connectivity index (χ4v) is 4.08. The molecule has 0 aromatic carbocycles. The standard InChI is InChI=1S/C22H38N4O3/c1-23-22(24-10-6-13-28-18-19-8-15-27-16-9-19)25-17-20(21-7-5-14-29-21)26-11-3-2-4-12-26/h5,7,14,19-20H,2-4,6,8-13,15-18H2,1H3,(H2,23,24,25). The van der Waals surface area contributed by atoms with E-state index in [1.54, 1.807) is 6.26 Å². The van der Waals surface area contributed by atoms with Gasteiger partial charge in [0.2, 0.25) is 0 Å². The predicted octanol–water partition coefficient (Wildman–Crippen LogP) is 2.80. The second-order valence-corrected chi connectivity index (χ2v) is 7.99. The fraction of sp³-hybridized carbons (Fsp3) is 0.773. The molecule has 3 rings (SSSR count). The van der Waals surface area contributed by atoms with Crippen LogP contribution in [0.3, 0.4) is 0 Å². The highest BCUT2D eigenvalue weighted by molar-refractivity contribution is 5.79. The summed E-state index contributed by atoms with van der Waals surface area (Å²) in [4.78, 5) is 6.89. The summed E-state index contributed by atoms with van der Waals surface area (Å²) in [6.45, 7) is 7.30. The average molecular weight is 407 g/mol. The molecule has 29 heavy (non-hydrogen) atoms. The highest BCUT2D eigenvalue weighted by Gasteiger charge is 2.24. The number of piperidine rings is 1. The molecule has 2 N–H and O–H groups in total. The van der Waals surface area contributed by atoms with Gasteiger partial charge in [0.25, 0.3) is 0 Å². The molecule has 0 radical (unpaired) electrons. The maximum Gasteiger partial charge on any atom is 0.191 e. The molecule has 7 heteroatoms. The first kappa shape index (κ1) is 22.1. The molecular formula is C22H38N4O3. The van der Waals surface area contributed by atoms with E-state index in [0.29, 0.717) is 5.92 Å². The first-order valence-electron chi connectivity index (χ1n) is 11.2. The number of rotatable bonds is 10. The van der Waals surface area contributed by atoms with Crippen molar-refractivity contribution in [2.45, 2.75) is 44.6 Å². The smallest absolute Gasteiger partial charge is 0.191 e. The molecule has 3 heterocycles. The first-order chi connectivity index (χ1) is 14.4. The van der Waals surface area contributed by atoms with Crippen molar-refractivity contribution >= 4 is 5.96 Å². The zero-order chi connectivity index (χ0) is 20.2. The summed E-state index contributed by atoms with van der Waals surface area (Å²) in [5, 5.41) is 6.88. The number of nitrogens with zero attached hydrogens (tertiary/aromatic N) is 2. The van der Waals surface area contributed by atoms with Crippen LogP contribution in [0.15, 0.2) is 27.8 Å². The Morgan fingerprint density at radius 1 is 1.24 bits per heavy atom. The Labute approximate surface area is 175 Å². The van der Waals surface area contributed by atoms with Crippen LogP contribution in [0.1, 0.15) is 50.3 Å². The van der Waals surface area contributed by atoms with E-state index in [0.717, 1.165) is 83.6 Å². The molecule has 2 saturated heterocycles. The Kier molecular flexibility index (Phi) is 9.82. The number of guanidine groups is 1. The summed E-state index contributed by atoms with van der Waals surface area (Å²) < 4.78 is 17.0. The minimum Gasteiger partial charge on any atom is -0.468 e. The van der Waals surface area contributed by atoms with E-state index in [2.05, 4.69) is 26.6 Å². The average Bonchev–Trinajstić information content (AvgIpc) is 3.31. The number of ether oxygens (including phenoxy) is 2. The van der Waals surface area contributed by atoms with Crippen LogP contribution in [0, 0.1) is 5.92 Å². The zero-order valence-corrected chi connectivity index (χ0v) is 17.9. The van der Waals surface area contributed by atoms with Crippen molar-refractivity contribution in [2.24, 2.45) is 10.9 Å². The second-order valence-electron chi connectivity index (χ2n) is 7.99. The van der Waals surface area contributed by atoms with Crippen molar-refractivity contribution in [1.82, 2.24) is 15.5 Å². The zero-order valence-electron chi connectivity index (χ0n) is 17.9. The molecule has 0 amide bonds. The summed E-state index contributed by atoms with van der Waals surface area (Å²) in [7, 11) is 1.82. The van der Waals surface area contributed by atoms with Crippen molar-refractivity contribution in [3.05, 3.63) is 24.2 Å². The Morgan fingerprint density at radius 2 is 2.07 bits per heavy atom. The van der Waals surface area contributed by atoms with Gasteiger partial charge in [-0.2, -0.15) is 0 Å². The summed E-state index contributed by atoms with van der Waals surface area (Å²) in [5.41, 5.74) is 0. The largest absolute Gasteiger partial charge is 0.468 e. The van der Waals surface area contributed by atoms with Gasteiger partial charge in [-0.1, -0.05) is 6.42 Å². The van der Waals surface area contributed by atoms with Crippen LogP contribution in [-0.2, 0) is 9.47 Å². The first-order valence-corrected chi connectivity index (χ1v) is 11.2. The van der Waals surface area contributed by atoms with Crippen LogP contribution < -0.4 is 10.6 Å². The molecule has 0 saturated carbocycles. The molecule has 2 fully saturated rings. The molecule has 1 aromatic heterocycles. The van der Waals surface area contributed by atoms with E-state index < -0.39 is 0 Å². The van der Waals surface area contributed by atoms with E-state index in [4.69, 9.17) is 13.9 Å². The van der Waals surface area contributed by atoms with Crippen LogP contribution in [0.2, 0.25) is 0 Å². The topological polar surface area (TPSA) is 71.3 Å². The minimum absolute atomic E-state index is 0.242. The van der Waals surface area contributed by atoms with Crippen LogP contribution in [0.4, 0.5) is 0 Å². The van der Waals surface area contributed by atoms with Crippen LogP contribution in [0.5, 0.6) is 0 Å². The van der Waals surface area contributed by atoms with E-state index in [1.165, 1.54) is 19.3 Å². The second kappa shape index (κ2) is 12.9. The number of aliphatic imine (C=N–C) groups is 1. The summed E-state index contributed by atoms with van der Waals surface area (Å²) >= 11 is 0. The lowest BCUT2D eigenvalue weighted by molar-refractivity contribution is 0.0203. The fourth-order valence-electron chi connectivity index (χ4n) is 4.08. The van der Waals surface area contributed by atoms with Crippen molar-refractivity contribution in [1.29, 1.82) is 0 Å². The highest BCUT2D eigenvalue weighted by Crippen LogP contribution is 2.24. The predicted molar refractivity (Wildman–Crippen MR) is 115 cm³/mol. The summed E-state index contributed by atoms with van der Waals surface area (Å²) in [5.74, 6) is 2.53. The van der Waals surface area contributed by atoms with Crippen LogP contribution >= 0.6 is 0 Å². The van der Waals surface area contributed by atoms with Crippen LogP contribution in [0.25, 0.3) is 0 Å². The molecule has 164 valence electrons. The summed E-state index contributed by atoms with van der Waals surface area (Å²) in [6, 6.07) is 4.29. The quantitative estimate of drug-likeness (QED) is 0.354. The molecule has 2 aliphatic heterocycles. The van der Waals surface area contributed by atoms with Gasteiger partial charge in [-0.05, 0) is 63.2 Å². The molecular weight excluding hydrogens is 368 g/mol. The lowest BCUT2D eigenvalue weighted by Crippen LogP contribution is -2.44. The molecule has 7 nitrogen and oxygen atoms in total. The Morgan fingerprint density at radius 3 is 2.79 bits per heavy atom. The molecule has 1 unspecified atom stereocenters. The van der Waals surface area contributed by atoms with Crippen molar-refractivity contribution in [2.75, 3.05) is 59.7 Å². The van der Waals surface area contributed by atoms with Crippen molar-refractivity contribution < 1.29 is 13.9 Å². The van der Waals surface area contributed by atoms with Gasteiger partial charge in [0.05, 0.1) is 12.3 Å². The number of furan rings is 1. The summed E-state index contributed by atoms with van der Waals surface area (Å²) in [6.07, 6.45) is 8.84.